The van der Waals surface area contributed by atoms with Crippen LogP contribution in [0.2, 0.25) is 0 Å². The third kappa shape index (κ3) is 1.75. The van der Waals surface area contributed by atoms with Crippen molar-refractivity contribution in [1.29, 1.82) is 0 Å². The molecule has 0 bridgehead atoms. The number of imidazole rings is 1. The minimum atomic E-state index is -0.0120. The molecule has 0 aliphatic heterocycles. The van der Waals surface area contributed by atoms with Gasteiger partial charge >= 0.3 is 0 Å². The van der Waals surface area contributed by atoms with Gasteiger partial charge in [0.2, 0.25) is 6.08 Å². The van der Waals surface area contributed by atoms with E-state index in [1.54, 1.807) is 12.3 Å². The molecule has 16 heavy (non-hydrogen) atoms. The smallest absolute Gasteiger partial charge is 0.240 e. The van der Waals surface area contributed by atoms with Crippen LogP contribution in [0.25, 0.3) is 5.52 Å². The Kier molecular flexibility index (Phi) is 2.37. The SMILES string of the molecule is CC(C)(C)c1ncc2cc(N=C=O)ccn12. The summed E-state index contributed by atoms with van der Waals surface area (Å²) >= 11 is 0. The zero-order valence-corrected chi connectivity index (χ0v) is 9.56. The lowest BCUT2D eigenvalue weighted by atomic mass is 9.96. The van der Waals surface area contributed by atoms with Crippen molar-refractivity contribution in [3.63, 3.8) is 0 Å². The molecule has 0 aliphatic rings. The van der Waals surface area contributed by atoms with Crippen LogP contribution in [0, 0.1) is 0 Å². The highest BCUT2D eigenvalue weighted by Crippen LogP contribution is 2.24. The van der Waals surface area contributed by atoms with Gasteiger partial charge in [-0.2, -0.15) is 4.99 Å². The standard InChI is InChI=1S/C12H13N3O/c1-12(2,3)11-13-7-10-6-9(14-8-16)4-5-15(10)11/h4-7H,1-3H3. The van der Waals surface area contributed by atoms with Crippen LogP contribution in [0.5, 0.6) is 0 Å². The topological polar surface area (TPSA) is 46.7 Å². The molecule has 0 saturated heterocycles. The van der Waals surface area contributed by atoms with Gasteiger partial charge < -0.3 is 4.40 Å². The van der Waals surface area contributed by atoms with Crippen LogP contribution >= 0.6 is 0 Å². The molecular weight excluding hydrogens is 202 g/mol. The van der Waals surface area contributed by atoms with E-state index in [-0.39, 0.29) is 5.41 Å². The molecule has 0 spiro atoms. The van der Waals surface area contributed by atoms with Crippen LogP contribution in [0.15, 0.2) is 29.5 Å². The van der Waals surface area contributed by atoms with Crippen molar-refractivity contribution < 1.29 is 4.79 Å². The predicted molar refractivity (Wildman–Crippen MR) is 61.7 cm³/mol. The number of hydrogen-bond donors (Lipinski definition) is 0. The van der Waals surface area contributed by atoms with Gasteiger partial charge in [-0.15, -0.1) is 0 Å². The van der Waals surface area contributed by atoms with Crippen LogP contribution in [0.3, 0.4) is 0 Å². The summed E-state index contributed by atoms with van der Waals surface area (Å²) in [5, 5.41) is 0. The van der Waals surface area contributed by atoms with Gasteiger partial charge in [0.25, 0.3) is 0 Å². The van der Waals surface area contributed by atoms with Gasteiger partial charge in [0.05, 0.1) is 17.4 Å². The molecule has 0 unspecified atom stereocenters. The molecule has 0 fully saturated rings. The molecule has 82 valence electrons. The second-order valence-electron chi connectivity index (χ2n) is 4.71. The van der Waals surface area contributed by atoms with E-state index in [0.29, 0.717) is 5.69 Å². The maximum Gasteiger partial charge on any atom is 0.240 e. The van der Waals surface area contributed by atoms with E-state index in [1.165, 1.54) is 6.08 Å². The van der Waals surface area contributed by atoms with Crippen molar-refractivity contribution in [3.8, 4) is 0 Å². The summed E-state index contributed by atoms with van der Waals surface area (Å²) in [6, 6.07) is 3.59. The Hall–Kier alpha value is -1.93. The summed E-state index contributed by atoms with van der Waals surface area (Å²) in [4.78, 5) is 18.1. The average Bonchev–Trinajstić information content (AvgIpc) is 2.60. The first kappa shape index (κ1) is 10.6. The monoisotopic (exact) mass is 215 g/mol. The Bertz CT molecular complexity index is 571. The van der Waals surface area contributed by atoms with E-state index >= 15 is 0 Å². The Labute approximate surface area is 93.7 Å². The minimum absolute atomic E-state index is 0.0120. The molecule has 2 aromatic rings. The molecule has 4 nitrogen and oxygen atoms in total. The van der Waals surface area contributed by atoms with Crippen molar-refractivity contribution in [2.45, 2.75) is 26.2 Å². The molecule has 2 rings (SSSR count). The lowest BCUT2D eigenvalue weighted by Crippen LogP contribution is -2.15. The molecular formula is C12H13N3O. The molecule has 4 heteroatoms. The summed E-state index contributed by atoms with van der Waals surface area (Å²) in [7, 11) is 0. The minimum Gasteiger partial charge on any atom is -0.303 e. The Morgan fingerprint density at radius 1 is 1.44 bits per heavy atom. The van der Waals surface area contributed by atoms with Gasteiger partial charge in [0.15, 0.2) is 0 Å². The highest BCUT2D eigenvalue weighted by molar-refractivity contribution is 5.59. The number of fused-ring (bicyclic) bond motifs is 1. The summed E-state index contributed by atoms with van der Waals surface area (Å²) in [6.45, 7) is 6.33. The fourth-order valence-electron chi connectivity index (χ4n) is 1.67. The first-order valence-electron chi connectivity index (χ1n) is 5.08. The number of rotatable bonds is 1. The van der Waals surface area contributed by atoms with Gasteiger partial charge in [-0.3, -0.25) is 0 Å². The molecule has 0 aromatic carbocycles. The van der Waals surface area contributed by atoms with Gasteiger partial charge in [0, 0.05) is 11.6 Å². The van der Waals surface area contributed by atoms with Gasteiger partial charge in [0.1, 0.15) is 5.82 Å². The van der Waals surface area contributed by atoms with Gasteiger partial charge in [-0.25, -0.2) is 9.78 Å². The van der Waals surface area contributed by atoms with Crippen LogP contribution < -0.4 is 0 Å². The molecule has 0 N–H and O–H groups in total. The van der Waals surface area contributed by atoms with Crippen molar-refractivity contribution in [2.24, 2.45) is 4.99 Å². The van der Waals surface area contributed by atoms with E-state index in [1.807, 2.05) is 16.7 Å². The molecule has 0 saturated carbocycles. The number of aliphatic imine (C=N–C) groups is 1. The lowest BCUT2D eigenvalue weighted by molar-refractivity contribution is 0.543. The molecule has 2 aromatic heterocycles. The van der Waals surface area contributed by atoms with Crippen molar-refractivity contribution in [3.05, 3.63) is 30.4 Å². The Balaban J connectivity index is 2.63. The van der Waals surface area contributed by atoms with Crippen LogP contribution in [0.4, 0.5) is 5.69 Å². The summed E-state index contributed by atoms with van der Waals surface area (Å²) < 4.78 is 2.00. The predicted octanol–water partition coefficient (Wildman–Crippen LogP) is 2.60. The third-order valence-electron chi connectivity index (χ3n) is 2.36. The van der Waals surface area contributed by atoms with E-state index in [4.69, 9.17) is 0 Å². The highest BCUT2D eigenvalue weighted by Gasteiger charge is 2.19. The zero-order valence-electron chi connectivity index (χ0n) is 9.56. The maximum atomic E-state index is 10.2. The third-order valence-corrected chi connectivity index (χ3v) is 2.36. The van der Waals surface area contributed by atoms with Crippen molar-refractivity contribution in [1.82, 2.24) is 9.38 Å². The molecule has 2 heterocycles. The highest BCUT2D eigenvalue weighted by atomic mass is 16.1. The quantitative estimate of drug-likeness (QED) is 0.542. The number of hydrogen-bond acceptors (Lipinski definition) is 3. The van der Waals surface area contributed by atoms with E-state index in [9.17, 15) is 4.79 Å². The van der Waals surface area contributed by atoms with Crippen molar-refractivity contribution >= 4 is 17.3 Å². The molecule has 0 radical (unpaired) electrons. The van der Waals surface area contributed by atoms with Crippen LogP contribution in [0.1, 0.15) is 26.6 Å². The summed E-state index contributed by atoms with van der Waals surface area (Å²) in [5.74, 6) is 0.990. The van der Waals surface area contributed by atoms with Crippen LogP contribution in [-0.4, -0.2) is 15.5 Å². The summed E-state index contributed by atoms with van der Waals surface area (Å²) in [6.07, 6.45) is 5.19. The van der Waals surface area contributed by atoms with E-state index in [0.717, 1.165) is 11.3 Å². The molecule has 0 amide bonds. The summed E-state index contributed by atoms with van der Waals surface area (Å²) in [5.41, 5.74) is 1.52. The largest absolute Gasteiger partial charge is 0.303 e. The second kappa shape index (κ2) is 3.58. The van der Waals surface area contributed by atoms with Crippen molar-refractivity contribution in [2.75, 3.05) is 0 Å². The Morgan fingerprint density at radius 3 is 2.81 bits per heavy atom. The second-order valence-corrected chi connectivity index (χ2v) is 4.71. The maximum absolute atomic E-state index is 10.2. The van der Waals surface area contributed by atoms with Gasteiger partial charge in [-0.1, -0.05) is 20.8 Å². The fraction of sp³-hybridized carbons (Fsp3) is 0.333. The number of aromatic nitrogens is 2. The lowest BCUT2D eigenvalue weighted by Gasteiger charge is -2.16. The number of pyridine rings is 1. The Morgan fingerprint density at radius 2 is 2.19 bits per heavy atom. The number of nitrogens with zero attached hydrogens (tertiary/aromatic N) is 3. The average molecular weight is 215 g/mol. The number of isocyanates is 1. The molecule has 0 atom stereocenters. The molecule has 0 aliphatic carbocycles. The van der Waals surface area contributed by atoms with Crippen LogP contribution in [-0.2, 0) is 10.2 Å². The first-order chi connectivity index (χ1) is 7.52. The normalized spacial score (nSPS) is 11.4. The zero-order chi connectivity index (χ0) is 11.8. The van der Waals surface area contributed by atoms with E-state index in [2.05, 4.69) is 30.7 Å². The van der Waals surface area contributed by atoms with Gasteiger partial charge in [-0.05, 0) is 12.1 Å². The van der Waals surface area contributed by atoms with E-state index < -0.39 is 0 Å². The number of carbonyl (C=O) groups excluding carboxylic acids is 1. The first-order valence-corrected chi connectivity index (χ1v) is 5.08. The fourth-order valence-corrected chi connectivity index (χ4v) is 1.67.